The highest BCUT2D eigenvalue weighted by Crippen LogP contribution is 2.24. The average Bonchev–Trinajstić information content (AvgIpc) is 3.27. The first-order chi connectivity index (χ1) is 16.4. The van der Waals surface area contributed by atoms with Gasteiger partial charge in [0.2, 0.25) is 0 Å². The molecule has 1 aliphatic rings. The summed E-state index contributed by atoms with van der Waals surface area (Å²) in [6.07, 6.45) is 6.03. The van der Waals surface area contributed by atoms with Gasteiger partial charge in [-0.05, 0) is 55.0 Å². The van der Waals surface area contributed by atoms with E-state index < -0.39 is 0 Å². The van der Waals surface area contributed by atoms with E-state index in [-0.39, 0.29) is 17.6 Å². The summed E-state index contributed by atoms with van der Waals surface area (Å²) in [4.78, 5) is 32.0. The first-order valence-electron chi connectivity index (χ1n) is 12.0. The van der Waals surface area contributed by atoms with Crippen LogP contribution in [0.2, 0.25) is 0 Å². The first kappa shape index (κ1) is 23.7. The fraction of sp³-hybridized carbons (Fsp3) is 0.393. The van der Waals surface area contributed by atoms with Gasteiger partial charge >= 0.3 is 0 Å². The Morgan fingerprint density at radius 1 is 1.00 bits per heavy atom. The summed E-state index contributed by atoms with van der Waals surface area (Å²) in [5, 5.41) is 0. The number of aryl methyl sites for hydroxylation is 1. The van der Waals surface area contributed by atoms with E-state index in [0.29, 0.717) is 49.8 Å². The number of ketones is 1. The number of ether oxygens (including phenoxy) is 1. The molecule has 1 aliphatic heterocycles. The zero-order valence-corrected chi connectivity index (χ0v) is 20.2. The molecule has 0 aliphatic carbocycles. The Labute approximate surface area is 201 Å². The van der Waals surface area contributed by atoms with Crippen LogP contribution in [-0.4, -0.2) is 39.2 Å². The minimum Gasteiger partial charge on any atom is -0.486 e. The molecule has 0 bridgehead atoms. The monoisotopic (exact) mass is 459 g/mol. The van der Waals surface area contributed by atoms with Crippen molar-refractivity contribution in [3.63, 3.8) is 0 Å². The van der Waals surface area contributed by atoms with Crippen LogP contribution in [0.5, 0.6) is 5.75 Å². The molecule has 3 aromatic rings. The Balaban J connectivity index is 1.28. The number of carbonyl (C=O) groups is 2. The quantitative estimate of drug-likeness (QED) is 0.448. The van der Waals surface area contributed by atoms with Gasteiger partial charge in [0.05, 0.1) is 0 Å². The number of likely N-dealkylation sites (tertiary alicyclic amines) is 1. The van der Waals surface area contributed by atoms with Crippen LogP contribution in [0.15, 0.2) is 60.9 Å². The lowest BCUT2D eigenvalue weighted by Crippen LogP contribution is -2.40. The zero-order chi connectivity index (χ0) is 24.1. The Morgan fingerprint density at radius 3 is 2.24 bits per heavy atom. The minimum absolute atomic E-state index is 0.000381. The summed E-state index contributed by atoms with van der Waals surface area (Å²) >= 11 is 0. The number of carbonyl (C=O) groups excluding carboxylic acids is 2. The van der Waals surface area contributed by atoms with Crippen LogP contribution in [0.4, 0.5) is 0 Å². The second-order valence-electron chi connectivity index (χ2n) is 9.49. The second kappa shape index (κ2) is 10.7. The van der Waals surface area contributed by atoms with Gasteiger partial charge in [-0.1, -0.05) is 38.1 Å². The lowest BCUT2D eigenvalue weighted by molar-refractivity contribution is 0.0650. The molecule has 0 spiro atoms. The molecule has 0 unspecified atom stereocenters. The van der Waals surface area contributed by atoms with Crippen molar-refractivity contribution in [1.82, 2.24) is 14.5 Å². The molecule has 1 saturated heterocycles. The summed E-state index contributed by atoms with van der Waals surface area (Å²) in [5.74, 6) is 2.30. The third-order valence-electron chi connectivity index (χ3n) is 6.43. The van der Waals surface area contributed by atoms with E-state index in [4.69, 9.17) is 4.74 Å². The lowest BCUT2D eigenvalue weighted by atomic mass is 9.88. The molecule has 1 aromatic heterocycles. The number of nitrogens with zero attached hydrogens (tertiary/aromatic N) is 3. The maximum Gasteiger partial charge on any atom is 0.253 e. The van der Waals surface area contributed by atoms with E-state index in [1.807, 2.05) is 47.0 Å². The highest BCUT2D eigenvalue weighted by atomic mass is 16.5. The standard InChI is InChI=1S/C28H33N3O3/c1-20(2)18-21-4-6-22(7-5-21)27(32)23-12-15-31(16-13-23)28(33)24-8-10-25(11-9-24)34-19-26-29-14-17-30(26)3/h4-11,14,17,20,23H,12-13,15-16,18-19H2,1-3H3. The number of amides is 1. The van der Waals surface area contributed by atoms with E-state index >= 15 is 0 Å². The van der Waals surface area contributed by atoms with E-state index in [1.54, 1.807) is 18.3 Å². The van der Waals surface area contributed by atoms with Crippen molar-refractivity contribution in [2.75, 3.05) is 13.1 Å². The number of aromatic nitrogens is 2. The molecule has 6 heteroatoms. The van der Waals surface area contributed by atoms with Crippen LogP contribution in [0.1, 0.15) is 58.8 Å². The molecular formula is C28H33N3O3. The smallest absolute Gasteiger partial charge is 0.253 e. The van der Waals surface area contributed by atoms with Crippen LogP contribution in [-0.2, 0) is 20.1 Å². The van der Waals surface area contributed by atoms with Crippen molar-refractivity contribution in [2.45, 2.75) is 39.7 Å². The molecular weight excluding hydrogens is 426 g/mol. The molecule has 0 saturated carbocycles. The number of hydrogen-bond donors (Lipinski definition) is 0. The van der Waals surface area contributed by atoms with Gasteiger partial charge < -0.3 is 14.2 Å². The predicted molar refractivity (Wildman–Crippen MR) is 132 cm³/mol. The SMILES string of the molecule is CC(C)Cc1ccc(C(=O)C2CCN(C(=O)c3ccc(OCc4nccn4C)cc3)CC2)cc1. The summed E-state index contributed by atoms with van der Waals surface area (Å²) in [5.41, 5.74) is 2.67. The van der Waals surface area contributed by atoms with Gasteiger partial charge in [0, 0.05) is 49.6 Å². The van der Waals surface area contributed by atoms with Crippen molar-refractivity contribution >= 4 is 11.7 Å². The van der Waals surface area contributed by atoms with Crippen molar-refractivity contribution in [2.24, 2.45) is 18.9 Å². The number of benzene rings is 2. The topological polar surface area (TPSA) is 64.4 Å². The number of imidazole rings is 1. The van der Waals surface area contributed by atoms with E-state index in [1.165, 1.54) is 5.56 Å². The van der Waals surface area contributed by atoms with Gasteiger partial charge in [0.1, 0.15) is 18.2 Å². The molecule has 1 amide bonds. The van der Waals surface area contributed by atoms with Crippen molar-refractivity contribution in [3.05, 3.63) is 83.4 Å². The molecule has 1 fully saturated rings. The third-order valence-corrected chi connectivity index (χ3v) is 6.43. The fourth-order valence-corrected chi connectivity index (χ4v) is 4.42. The Kier molecular flexibility index (Phi) is 7.46. The van der Waals surface area contributed by atoms with E-state index in [2.05, 4.69) is 31.0 Å². The van der Waals surface area contributed by atoms with Crippen molar-refractivity contribution < 1.29 is 14.3 Å². The highest BCUT2D eigenvalue weighted by Gasteiger charge is 2.28. The fourth-order valence-electron chi connectivity index (χ4n) is 4.42. The number of Topliss-reactive ketones (excluding diaryl/α,β-unsaturated/α-hetero) is 1. The van der Waals surface area contributed by atoms with Crippen LogP contribution in [0.3, 0.4) is 0 Å². The van der Waals surface area contributed by atoms with Gasteiger partial charge in [0.15, 0.2) is 5.78 Å². The van der Waals surface area contributed by atoms with Crippen LogP contribution < -0.4 is 4.74 Å². The van der Waals surface area contributed by atoms with E-state index in [9.17, 15) is 9.59 Å². The van der Waals surface area contributed by atoms with Gasteiger partial charge in [-0.3, -0.25) is 9.59 Å². The molecule has 0 N–H and O–H groups in total. The predicted octanol–water partition coefficient (Wildman–Crippen LogP) is 4.93. The third kappa shape index (κ3) is 5.74. The largest absolute Gasteiger partial charge is 0.486 e. The van der Waals surface area contributed by atoms with E-state index in [0.717, 1.165) is 17.8 Å². The zero-order valence-electron chi connectivity index (χ0n) is 20.2. The maximum atomic E-state index is 13.0. The number of hydrogen-bond acceptors (Lipinski definition) is 4. The lowest BCUT2D eigenvalue weighted by Gasteiger charge is -2.31. The van der Waals surface area contributed by atoms with Gasteiger partial charge in [-0.2, -0.15) is 0 Å². The molecule has 34 heavy (non-hydrogen) atoms. The summed E-state index contributed by atoms with van der Waals surface area (Å²) in [7, 11) is 1.92. The summed E-state index contributed by atoms with van der Waals surface area (Å²) < 4.78 is 7.69. The maximum absolute atomic E-state index is 13.0. The first-order valence-corrected chi connectivity index (χ1v) is 12.0. The normalized spacial score (nSPS) is 14.4. The van der Waals surface area contributed by atoms with Gasteiger partial charge in [0.25, 0.3) is 5.91 Å². The van der Waals surface area contributed by atoms with Gasteiger partial charge in [-0.15, -0.1) is 0 Å². The second-order valence-corrected chi connectivity index (χ2v) is 9.49. The molecule has 178 valence electrons. The van der Waals surface area contributed by atoms with Crippen molar-refractivity contribution in [1.29, 1.82) is 0 Å². The van der Waals surface area contributed by atoms with Crippen LogP contribution in [0, 0.1) is 11.8 Å². The molecule has 4 rings (SSSR count). The number of rotatable bonds is 8. The molecule has 6 nitrogen and oxygen atoms in total. The minimum atomic E-state index is -0.0260. The molecule has 2 heterocycles. The molecule has 0 radical (unpaired) electrons. The summed E-state index contributed by atoms with van der Waals surface area (Å²) in [6.45, 7) is 5.95. The van der Waals surface area contributed by atoms with Gasteiger partial charge in [-0.25, -0.2) is 4.98 Å². The number of piperidine rings is 1. The summed E-state index contributed by atoms with van der Waals surface area (Å²) in [6, 6.07) is 15.3. The average molecular weight is 460 g/mol. The molecule has 0 atom stereocenters. The molecule has 2 aromatic carbocycles. The van der Waals surface area contributed by atoms with Crippen LogP contribution >= 0.6 is 0 Å². The highest BCUT2D eigenvalue weighted by molar-refractivity contribution is 5.98. The Hall–Kier alpha value is -3.41. The van der Waals surface area contributed by atoms with Crippen LogP contribution in [0.25, 0.3) is 0 Å². The Morgan fingerprint density at radius 2 is 1.65 bits per heavy atom. The van der Waals surface area contributed by atoms with Crippen molar-refractivity contribution in [3.8, 4) is 5.75 Å². The Bertz CT molecular complexity index is 1110.